The van der Waals surface area contributed by atoms with Crippen LogP contribution in [0, 0.1) is 0 Å². The lowest BCUT2D eigenvalue weighted by molar-refractivity contribution is 0.0734. The average molecular weight is 343 g/mol. The second kappa shape index (κ2) is 4.51. The molecule has 1 N–H and O–H groups in total. The lowest BCUT2D eigenvalue weighted by atomic mass is 9.89. The zero-order valence-corrected chi connectivity index (χ0v) is 13.2. The minimum absolute atomic E-state index is 0.0220. The Hall–Kier alpha value is -2.53. The number of benzene rings is 1. The van der Waals surface area contributed by atoms with Crippen molar-refractivity contribution in [1.82, 2.24) is 14.5 Å². The summed E-state index contributed by atoms with van der Waals surface area (Å²) in [6.07, 6.45) is 2.06. The zero-order chi connectivity index (χ0) is 19.1. The van der Waals surface area contributed by atoms with Crippen molar-refractivity contribution >= 4 is 23.0 Å². The van der Waals surface area contributed by atoms with Gasteiger partial charge >= 0.3 is 0 Å². The molecule has 0 spiro atoms. The highest BCUT2D eigenvalue weighted by atomic mass is 35.5. The fourth-order valence-corrected chi connectivity index (χ4v) is 4.14. The minimum atomic E-state index is -2.63. The van der Waals surface area contributed by atoms with Crippen LogP contribution in [0.25, 0.3) is 5.52 Å². The molecule has 1 aromatic carbocycles. The number of carbonyl (C=O) groups is 1. The van der Waals surface area contributed by atoms with Crippen molar-refractivity contribution in [2.75, 3.05) is 6.98 Å². The first-order chi connectivity index (χ1) is 12.8. The number of halogens is 1. The van der Waals surface area contributed by atoms with E-state index in [1.54, 1.807) is 35.0 Å². The molecule has 0 saturated heterocycles. The number of hydrogen-bond donors (Lipinski definition) is 1. The van der Waals surface area contributed by atoms with Crippen molar-refractivity contribution < 1.29 is 14.0 Å². The summed E-state index contributed by atoms with van der Waals surface area (Å²) in [5.41, 5.74) is 2.77. The molecule has 1 amide bonds. The molecule has 24 heavy (non-hydrogen) atoms. The Labute approximate surface area is 147 Å². The maximum atomic E-state index is 13.1. The Balaban J connectivity index is 1.88. The van der Waals surface area contributed by atoms with Crippen LogP contribution in [0.15, 0.2) is 36.5 Å². The predicted octanol–water partition coefficient (Wildman–Crippen LogP) is 3.36. The van der Waals surface area contributed by atoms with Crippen LogP contribution in [-0.2, 0) is 0 Å². The van der Waals surface area contributed by atoms with Gasteiger partial charge in [-0.15, -0.1) is 0 Å². The molecule has 0 fully saturated rings. The fraction of sp³-hybridized carbons (Fsp3) is 0.222. The molecule has 5 rings (SSSR count). The molecule has 0 radical (unpaired) electrons. The van der Waals surface area contributed by atoms with E-state index in [2.05, 4.69) is 5.10 Å². The summed E-state index contributed by atoms with van der Waals surface area (Å²) in [5.74, 6) is -0.978. The van der Waals surface area contributed by atoms with Gasteiger partial charge in [-0.2, -0.15) is 5.10 Å². The van der Waals surface area contributed by atoms with Crippen molar-refractivity contribution in [2.24, 2.45) is 0 Å². The quantitative estimate of drug-likeness (QED) is 0.681. The second-order valence-corrected chi connectivity index (χ2v) is 6.63. The molecule has 2 bridgehead atoms. The number of hydrogen-bond acceptors (Lipinski definition) is 3. The maximum Gasteiger partial charge on any atom is 0.254 e. The Kier molecular flexibility index (Phi) is 2.09. The third-order valence-corrected chi connectivity index (χ3v) is 5.21. The number of aromatic hydroxyl groups is 1. The number of carbonyl (C=O) groups excluding carboxylic acids is 1. The van der Waals surface area contributed by atoms with Crippen molar-refractivity contribution in [3.63, 3.8) is 0 Å². The van der Waals surface area contributed by atoms with Gasteiger partial charge in [-0.25, -0.2) is 4.52 Å². The average Bonchev–Trinajstić information content (AvgIpc) is 3.07. The molecule has 1 aliphatic carbocycles. The first kappa shape index (κ1) is 11.1. The lowest BCUT2D eigenvalue weighted by Gasteiger charge is -2.23. The van der Waals surface area contributed by atoms with Crippen LogP contribution < -0.4 is 0 Å². The van der Waals surface area contributed by atoms with Crippen molar-refractivity contribution in [2.45, 2.75) is 18.4 Å². The number of fused-ring (bicyclic) bond motifs is 9. The molecule has 0 unspecified atom stereocenters. The van der Waals surface area contributed by atoms with E-state index in [-0.39, 0.29) is 17.2 Å². The molecule has 2 aliphatic rings. The molecule has 2 aromatic heterocycles. The molecule has 1 aliphatic heterocycles. The van der Waals surface area contributed by atoms with Gasteiger partial charge in [-0.3, -0.25) is 4.79 Å². The van der Waals surface area contributed by atoms with Crippen LogP contribution in [0.5, 0.6) is 5.75 Å². The van der Waals surface area contributed by atoms with Crippen LogP contribution in [0.1, 0.15) is 49.7 Å². The fourth-order valence-electron chi connectivity index (χ4n) is 3.98. The van der Waals surface area contributed by atoms with Gasteiger partial charge < -0.3 is 10.0 Å². The summed E-state index contributed by atoms with van der Waals surface area (Å²) in [5, 5.41) is 15.6. The van der Waals surface area contributed by atoms with Gasteiger partial charge in [0.05, 0.1) is 17.3 Å². The van der Waals surface area contributed by atoms with Crippen molar-refractivity contribution in [3.8, 4) is 5.75 Å². The van der Waals surface area contributed by atoms with Gasteiger partial charge in [-0.05, 0) is 30.7 Å². The lowest BCUT2D eigenvalue weighted by Crippen LogP contribution is -2.30. The van der Waals surface area contributed by atoms with E-state index in [1.807, 2.05) is 0 Å². The van der Waals surface area contributed by atoms with Crippen LogP contribution >= 0.6 is 11.6 Å². The number of phenolic OH excluding ortho intramolecular Hbond substituents is 1. The van der Waals surface area contributed by atoms with Gasteiger partial charge in [-0.1, -0.05) is 17.7 Å². The molecule has 2 atom stereocenters. The van der Waals surface area contributed by atoms with E-state index in [4.69, 9.17) is 15.7 Å². The SMILES string of the molecule is [2H]C([2H])([2H])N1C(=O)c2cccc(O)c2[C@H]2C[C@@H]1c1nn3ccc(Cl)cc3c12. The Bertz CT molecular complexity index is 1120. The van der Waals surface area contributed by atoms with Crippen molar-refractivity contribution in [3.05, 3.63) is 63.9 Å². The van der Waals surface area contributed by atoms with Gasteiger partial charge in [0.1, 0.15) is 5.75 Å². The normalized spacial score (nSPS) is 24.1. The minimum Gasteiger partial charge on any atom is -0.508 e. The monoisotopic (exact) mass is 342 g/mol. The summed E-state index contributed by atoms with van der Waals surface area (Å²) in [6, 6.07) is 7.40. The topological polar surface area (TPSA) is 57.8 Å². The highest BCUT2D eigenvalue weighted by Gasteiger charge is 2.45. The van der Waals surface area contributed by atoms with E-state index in [9.17, 15) is 9.90 Å². The first-order valence-corrected chi connectivity index (χ1v) is 7.98. The number of phenols is 1. The highest BCUT2D eigenvalue weighted by Crippen LogP contribution is 2.53. The third kappa shape index (κ3) is 1.60. The van der Waals surface area contributed by atoms with Gasteiger partial charge in [0.2, 0.25) is 0 Å². The Morgan fingerprint density at radius 3 is 3.08 bits per heavy atom. The molecular formula is C18H14ClN3O2. The molecule has 0 saturated carbocycles. The summed E-state index contributed by atoms with van der Waals surface area (Å²) in [7, 11) is 0. The molecule has 3 aromatic rings. The molecular weight excluding hydrogens is 326 g/mol. The standard InChI is InChI=1S/C18H14ClN3O2/c1-21-13-8-11(15-10(18(21)24)3-2-4-14(15)23)16-12-7-9(19)5-6-22(12)20-17(13)16/h2-7,11,13,23H,8H2,1H3/t11-,13-/m1/s1/i1D3. The number of rotatable bonds is 0. The predicted molar refractivity (Wildman–Crippen MR) is 89.6 cm³/mol. The summed E-state index contributed by atoms with van der Waals surface area (Å²) >= 11 is 6.16. The maximum absolute atomic E-state index is 13.1. The van der Waals surface area contributed by atoms with Crippen LogP contribution in [0.2, 0.25) is 5.02 Å². The van der Waals surface area contributed by atoms with Crippen LogP contribution in [-0.4, -0.2) is 32.5 Å². The summed E-state index contributed by atoms with van der Waals surface area (Å²) in [6.45, 7) is -2.63. The number of nitrogens with zero attached hydrogens (tertiary/aromatic N) is 3. The second-order valence-electron chi connectivity index (χ2n) is 6.19. The molecule has 5 nitrogen and oxygen atoms in total. The third-order valence-electron chi connectivity index (χ3n) is 4.98. The number of aromatic nitrogens is 2. The zero-order valence-electron chi connectivity index (χ0n) is 15.4. The summed E-state index contributed by atoms with van der Waals surface area (Å²) < 4.78 is 25.4. The van der Waals surface area contributed by atoms with E-state index < -0.39 is 18.9 Å². The summed E-state index contributed by atoms with van der Waals surface area (Å²) in [4.78, 5) is 14.0. The van der Waals surface area contributed by atoms with E-state index in [0.717, 1.165) is 16.0 Å². The van der Waals surface area contributed by atoms with Gasteiger partial charge in [0.15, 0.2) is 0 Å². The van der Waals surface area contributed by atoms with Crippen LogP contribution in [0.3, 0.4) is 0 Å². The van der Waals surface area contributed by atoms with Crippen molar-refractivity contribution in [1.29, 1.82) is 0 Å². The molecule has 6 heteroatoms. The molecule has 3 heterocycles. The largest absolute Gasteiger partial charge is 0.508 e. The number of amides is 1. The Morgan fingerprint density at radius 1 is 1.38 bits per heavy atom. The van der Waals surface area contributed by atoms with Crippen LogP contribution in [0.4, 0.5) is 0 Å². The Morgan fingerprint density at radius 2 is 2.25 bits per heavy atom. The van der Waals surface area contributed by atoms with E-state index in [0.29, 0.717) is 22.7 Å². The van der Waals surface area contributed by atoms with E-state index in [1.165, 1.54) is 6.07 Å². The smallest absolute Gasteiger partial charge is 0.254 e. The van der Waals surface area contributed by atoms with E-state index >= 15 is 0 Å². The van der Waals surface area contributed by atoms with Gasteiger partial charge in [0.25, 0.3) is 5.91 Å². The number of pyridine rings is 1. The molecule has 120 valence electrons. The van der Waals surface area contributed by atoms with Gasteiger partial charge in [0, 0.05) is 44.9 Å². The highest BCUT2D eigenvalue weighted by molar-refractivity contribution is 6.30. The first-order valence-electron chi connectivity index (χ1n) is 9.10.